The topological polar surface area (TPSA) is 55.0 Å². The fraction of sp³-hybridized carbons (Fsp3) is 0.556. The predicted molar refractivity (Wildman–Crippen MR) is 58.7 cm³/mol. The molecule has 1 fully saturated rings. The highest BCUT2D eigenvalue weighted by Gasteiger charge is 2.17. The first kappa shape index (κ1) is 11.2. The molecule has 2 N–H and O–H groups in total. The Bertz CT molecular complexity index is 267. The van der Waals surface area contributed by atoms with Crippen LogP contribution in [0.1, 0.15) is 12.8 Å². The Morgan fingerprint density at radius 2 is 2.36 bits per heavy atom. The van der Waals surface area contributed by atoms with Gasteiger partial charge in [-0.1, -0.05) is 0 Å². The summed E-state index contributed by atoms with van der Waals surface area (Å²) < 4.78 is 0. The molecule has 1 aromatic heterocycles. The number of hydrogen-bond acceptors (Lipinski definition) is 4. The number of nitrogens with zero attached hydrogens (tertiary/aromatic N) is 3. The van der Waals surface area contributed by atoms with E-state index < -0.39 is 0 Å². The van der Waals surface area contributed by atoms with Crippen LogP contribution in [0.2, 0.25) is 0 Å². The molecule has 0 amide bonds. The van der Waals surface area contributed by atoms with Crippen LogP contribution in [-0.2, 0) is 0 Å². The van der Waals surface area contributed by atoms with Crippen molar-refractivity contribution in [1.82, 2.24) is 10.2 Å². The summed E-state index contributed by atoms with van der Waals surface area (Å²) in [5, 5.41) is 7.91. The van der Waals surface area contributed by atoms with Crippen molar-refractivity contribution < 1.29 is 0 Å². The molecule has 1 aliphatic rings. The lowest BCUT2D eigenvalue weighted by Gasteiger charge is -2.31. The quantitative estimate of drug-likeness (QED) is 0.753. The number of anilines is 1. The number of nitrogens with two attached hydrogens (primary N) is 1. The van der Waals surface area contributed by atoms with Crippen LogP contribution in [0, 0.1) is 0 Å². The van der Waals surface area contributed by atoms with Gasteiger partial charge in [0.25, 0.3) is 0 Å². The summed E-state index contributed by atoms with van der Waals surface area (Å²) in [5.74, 6) is 0.942. The molecule has 1 aliphatic heterocycles. The molecule has 1 aromatic rings. The summed E-state index contributed by atoms with van der Waals surface area (Å²) in [5.41, 5.74) is 5.87. The van der Waals surface area contributed by atoms with Crippen LogP contribution in [0.25, 0.3) is 0 Å². The maximum absolute atomic E-state index is 5.87. The van der Waals surface area contributed by atoms with Gasteiger partial charge < -0.3 is 10.6 Å². The molecule has 0 spiro atoms. The zero-order valence-electron chi connectivity index (χ0n) is 7.97. The van der Waals surface area contributed by atoms with E-state index in [9.17, 15) is 0 Å². The SMILES string of the molecule is Cl.N[C@H]1CCCN(c2cccnn2)C1. The summed E-state index contributed by atoms with van der Waals surface area (Å²) >= 11 is 0. The molecule has 78 valence electrons. The van der Waals surface area contributed by atoms with Crippen LogP contribution in [0.4, 0.5) is 5.82 Å². The van der Waals surface area contributed by atoms with Crippen LogP contribution in [0.15, 0.2) is 18.3 Å². The van der Waals surface area contributed by atoms with E-state index in [-0.39, 0.29) is 18.4 Å². The first-order chi connectivity index (χ1) is 6.36. The monoisotopic (exact) mass is 214 g/mol. The van der Waals surface area contributed by atoms with E-state index in [1.807, 2.05) is 12.1 Å². The molecule has 0 bridgehead atoms. The van der Waals surface area contributed by atoms with Crippen LogP contribution in [0.5, 0.6) is 0 Å². The van der Waals surface area contributed by atoms with Gasteiger partial charge in [-0.2, -0.15) is 5.10 Å². The molecule has 5 heteroatoms. The van der Waals surface area contributed by atoms with E-state index in [2.05, 4.69) is 15.1 Å². The number of piperidine rings is 1. The van der Waals surface area contributed by atoms with Crippen LogP contribution >= 0.6 is 12.4 Å². The number of rotatable bonds is 1. The van der Waals surface area contributed by atoms with Crippen LogP contribution < -0.4 is 10.6 Å². The normalized spacial score (nSPS) is 21.5. The molecule has 14 heavy (non-hydrogen) atoms. The molecule has 2 rings (SSSR count). The van der Waals surface area contributed by atoms with Crippen molar-refractivity contribution in [2.45, 2.75) is 18.9 Å². The van der Waals surface area contributed by atoms with E-state index in [1.54, 1.807) is 6.20 Å². The predicted octanol–water partition coefficient (Wildman–Crippen LogP) is 0.826. The van der Waals surface area contributed by atoms with Gasteiger partial charge in [0.2, 0.25) is 0 Å². The molecule has 0 aromatic carbocycles. The first-order valence-corrected chi connectivity index (χ1v) is 4.64. The zero-order valence-corrected chi connectivity index (χ0v) is 8.78. The second kappa shape index (κ2) is 5.12. The highest BCUT2D eigenvalue weighted by molar-refractivity contribution is 5.85. The Morgan fingerprint density at radius 1 is 1.50 bits per heavy atom. The van der Waals surface area contributed by atoms with Gasteiger partial charge in [0, 0.05) is 25.3 Å². The third-order valence-electron chi connectivity index (χ3n) is 2.34. The minimum Gasteiger partial charge on any atom is -0.354 e. The highest BCUT2D eigenvalue weighted by Crippen LogP contribution is 2.15. The van der Waals surface area contributed by atoms with E-state index in [0.717, 1.165) is 31.7 Å². The van der Waals surface area contributed by atoms with E-state index in [0.29, 0.717) is 0 Å². The number of halogens is 1. The molecule has 0 aliphatic carbocycles. The highest BCUT2D eigenvalue weighted by atomic mass is 35.5. The van der Waals surface area contributed by atoms with Crippen LogP contribution in [-0.4, -0.2) is 29.3 Å². The molecule has 1 atom stereocenters. The molecule has 2 heterocycles. The summed E-state index contributed by atoms with van der Waals surface area (Å²) in [7, 11) is 0. The van der Waals surface area contributed by atoms with Gasteiger partial charge in [-0.25, -0.2) is 0 Å². The Kier molecular flexibility index (Phi) is 4.10. The van der Waals surface area contributed by atoms with Crippen LogP contribution in [0.3, 0.4) is 0 Å². The average molecular weight is 215 g/mol. The lowest BCUT2D eigenvalue weighted by atomic mass is 10.1. The lowest BCUT2D eigenvalue weighted by Crippen LogP contribution is -2.43. The Labute approximate surface area is 89.9 Å². The molecule has 4 nitrogen and oxygen atoms in total. The molecule has 0 unspecified atom stereocenters. The summed E-state index contributed by atoms with van der Waals surface area (Å²) in [6, 6.07) is 4.17. The van der Waals surface area contributed by atoms with E-state index in [4.69, 9.17) is 5.73 Å². The molecule has 0 radical (unpaired) electrons. The molecular weight excluding hydrogens is 200 g/mol. The summed E-state index contributed by atoms with van der Waals surface area (Å²) in [6.07, 6.45) is 3.96. The van der Waals surface area contributed by atoms with Crippen molar-refractivity contribution in [3.05, 3.63) is 18.3 Å². The van der Waals surface area contributed by atoms with Crippen molar-refractivity contribution >= 4 is 18.2 Å². The van der Waals surface area contributed by atoms with Gasteiger partial charge in [-0.3, -0.25) is 0 Å². The smallest absolute Gasteiger partial charge is 0.151 e. The third kappa shape index (κ3) is 2.56. The maximum atomic E-state index is 5.87. The second-order valence-corrected chi connectivity index (χ2v) is 3.43. The van der Waals surface area contributed by atoms with Gasteiger partial charge in [0.05, 0.1) is 0 Å². The number of hydrogen-bond donors (Lipinski definition) is 1. The van der Waals surface area contributed by atoms with Crippen molar-refractivity contribution in [3.8, 4) is 0 Å². The fourth-order valence-electron chi connectivity index (χ4n) is 1.68. The maximum Gasteiger partial charge on any atom is 0.151 e. The molecule has 0 saturated carbocycles. The Morgan fingerprint density at radius 3 is 3.00 bits per heavy atom. The third-order valence-corrected chi connectivity index (χ3v) is 2.34. The largest absolute Gasteiger partial charge is 0.354 e. The number of aromatic nitrogens is 2. The van der Waals surface area contributed by atoms with Crippen molar-refractivity contribution in [2.24, 2.45) is 5.73 Å². The first-order valence-electron chi connectivity index (χ1n) is 4.64. The second-order valence-electron chi connectivity index (χ2n) is 3.43. The minimum atomic E-state index is 0. The van der Waals surface area contributed by atoms with Gasteiger partial charge in [-0.15, -0.1) is 17.5 Å². The minimum absolute atomic E-state index is 0. The average Bonchev–Trinajstić information content (AvgIpc) is 2.19. The van der Waals surface area contributed by atoms with E-state index >= 15 is 0 Å². The van der Waals surface area contributed by atoms with Gasteiger partial charge in [0.1, 0.15) is 0 Å². The van der Waals surface area contributed by atoms with Gasteiger partial charge in [0.15, 0.2) is 5.82 Å². The Balaban J connectivity index is 0.000000980. The summed E-state index contributed by atoms with van der Waals surface area (Å²) in [4.78, 5) is 2.20. The van der Waals surface area contributed by atoms with Crippen molar-refractivity contribution in [2.75, 3.05) is 18.0 Å². The van der Waals surface area contributed by atoms with E-state index in [1.165, 1.54) is 0 Å². The van der Waals surface area contributed by atoms with Gasteiger partial charge >= 0.3 is 0 Å². The van der Waals surface area contributed by atoms with Gasteiger partial charge in [-0.05, 0) is 25.0 Å². The van der Waals surface area contributed by atoms with Crippen molar-refractivity contribution in [3.63, 3.8) is 0 Å². The zero-order chi connectivity index (χ0) is 9.10. The fourth-order valence-corrected chi connectivity index (χ4v) is 1.68. The van der Waals surface area contributed by atoms with Crippen molar-refractivity contribution in [1.29, 1.82) is 0 Å². The summed E-state index contributed by atoms with van der Waals surface area (Å²) in [6.45, 7) is 1.95. The Hall–Kier alpha value is -0.870. The molecular formula is C9H15ClN4. The lowest BCUT2D eigenvalue weighted by molar-refractivity contribution is 0.502. The standard InChI is InChI=1S/C9H14N4.ClH/c10-8-3-2-6-13(7-8)9-4-1-5-11-12-9;/h1,4-5,8H,2-3,6-7,10H2;1H/t8-;/m0./s1. The molecule has 1 saturated heterocycles.